The van der Waals surface area contributed by atoms with Gasteiger partial charge in [-0.05, 0) is 6.42 Å². The van der Waals surface area contributed by atoms with Gasteiger partial charge < -0.3 is 14.5 Å². The number of rotatable bonds is 6. The Morgan fingerprint density at radius 3 is 2.42 bits per heavy atom. The third-order valence-corrected chi connectivity index (χ3v) is 1.82. The summed E-state index contributed by atoms with van der Waals surface area (Å²) in [5, 5.41) is 0. The van der Waals surface area contributed by atoms with Crippen LogP contribution >= 0.6 is 7.82 Å². The van der Waals surface area contributed by atoms with Gasteiger partial charge in [-0.1, -0.05) is 13.3 Å². The normalized spacial score (nSPS) is 14.7. The molecule has 1 unspecified atom stereocenters. The van der Waals surface area contributed by atoms with Gasteiger partial charge in [-0.2, -0.15) is 0 Å². The Morgan fingerprint density at radius 1 is 1.50 bits per heavy atom. The fraction of sp³-hybridized carbons (Fsp3) is 1.00. The van der Waals surface area contributed by atoms with Crippen molar-refractivity contribution < 1.29 is 23.6 Å². The zero-order valence-corrected chi connectivity index (χ0v) is 8.16. The summed E-state index contributed by atoms with van der Waals surface area (Å²) < 4.78 is 19.6. The van der Waals surface area contributed by atoms with E-state index in [1.165, 1.54) is 7.11 Å². The van der Waals surface area contributed by atoms with Crippen molar-refractivity contribution in [2.24, 2.45) is 0 Å². The number of hydrogen-bond donors (Lipinski definition) is 2. The average molecular weight is 198 g/mol. The van der Waals surface area contributed by atoms with E-state index in [-0.39, 0.29) is 6.61 Å². The molecule has 1 atom stereocenters. The van der Waals surface area contributed by atoms with E-state index in [9.17, 15) is 4.57 Å². The molecule has 74 valence electrons. The van der Waals surface area contributed by atoms with Gasteiger partial charge in [-0.25, -0.2) is 4.57 Å². The highest BCUT2D eigenvalue weighted by Gasteiger charge is 2.21. The molecule has 0 aromatic heterocycles. The van der Waals surface area contributed by atoms with E-state index in [4.69, 9.17) is 14.5 Å². The Kier molecular flexibility index (Phi) is 5.70. The highest BCUT2D eigenvalue weighted by Crippen LogP contribution is 2.38. The van der Waals surface area contributed by atoms with E-state index in [0.29, 0.717) is 6.42 Å². The van der Waals surface area contributed by atoms with E-state index in [1.54, 1.807) is 0 Å². The smallest absolute Gasteiger partial charge is 0.382 e. The van der Waals surface area contributed by atoms with Crippen molar-refractivity contribution in [3.63, 3.8) is 0 Å². The van der Waals surface area contributed by atoms with Crippen LogP contribution in [0.3, 0.4) is 0 Å². The lowest BCUT2D eigenvalue weighted by atomic mass is 10.2. The van der Waals surface area contributed by atoms with Gasteiger partial charge >= 0.3 is 7.82 Å². The Morgan fingerprint density at radius 2 is 2.08 bits per heavy atom. The van der Waals surface area contributed by atoms with Crippen LogP contribution in [0.25, 0.3) is 0 Å². The first kappa shape index (κ1) is 12.1. The molecule has 0 saturated heterocycles. The van der Waals surface area contributed by atoms with Gasteiger partial charge in [0.2, 0.25) is 0 Å². The van der Waals surface area contributed by atoms with Crippen LogP contribution in [-0.4, -0.2) is 29.6 Å². The molecule has 0 heterocycles. The van der Waals surface area contributed by atoms with Gasteiger partial charge in [0.1, 0.15) is 0 Å². The van der Waals surface area contributed by atoms with Crippen molar-refractivity contribution in [2.75, 3.05) is 13.7 Å². The zero-order chi connectivity index (χ0) is 9.61. The van der Waals surface area contributed by atoms with Gasteiger partial charge in [-0.15, -0.1) is 0 Å². The number of phosphoric ester groups is 1. The first-order chi connectivity index (χ1) is 5.49. The quantitative estimate of drug-likeness (QED) is 0.620. The maximum Gasteiger partial charge on any atom is 0.469 e. The largest absolute Gasteiger partial charge is 0.469 e. The molecular formula is C6H15O5P. The van der Waals surface area contributed by atoms with Crippen LogP contribution in [0.2, 0.25) is 0 Å². The molecule has 0 aliphatic carbocycles. The summed E-state index contributed by atoms with van der Waals surface area (Å²) in [6.45, 7) is 2.12. The van der Waals surface area contributed by atoms with Crippen LogP contribution in [-0.2, 0) is 13.8 Å². The average Bonchev–Trinajstić information content (AvgIpc) is 1.84. The molecule has 12 heavy (non-hydrogen) atoms. The summed E-state index contributed by atoms with van der Waals surface area (Å²) in [4.78, 5) is 16.9. The minimum Gasteiger partial charge on any atom is -0.382 e. The van der Waals surface area contributed by atoms with Crippen molar-refractivity contribution in [1.29, 1.82) is 0 Å². The number of phosphoric acid groups is 1. The van der Waals surface area contributed by atoms with Gasteiger partial charge in [0.25, 0.3) is 0 Å². The molecule has 5 nitrogen and oxygen atoms in total. The van der Waals surface area contributed by atoms with Crippen LogP contribution in [0.15, 0.2) is 0 Å². The fourth-order valence-corrected chi connectivity index (χ4v) is 1.42. The van der Waals surface area contributed by atoms with E-state index >= 15 is 0 Å². The lowest BCUT2D eigenvalue weighted by Crippen LogP contribution is -2.17. The van der Waals surface area contributed by atoms with Crippen molar-refractivity contribution in [1.82, 2.24) is 0 Å². The van der Waals surface area contributed by atoms with Gasteiger partial charge in [0.05, 0.1) is 12.7 Å². The van der Waals surface area contributed by atoms with Gasteiger partial charge in [0.15, 0.2) is 0 Å². The molecule has 0 amide bonds. The summed E-state index contributed by atoms with van der Waals surface area (Å²) in [7, 11) is -2.90. The minimum atomic E-state index is -4.36. The van der Waals surface area contributed by atoms with Crippen molar-refractivity contribution in [3.8, 4) is 0 Å². The van der Waals surface area contributed by atoms with Crippen LogP contribution < -0.4 is 0 Å². The van der Waals surface area contributed by atoms with Crippen LogP contribution in [0.4, 0.5) is 0 Å². The molecule has 0 rings (SSSR count). The van der Waals surface area contributed by atoms with E-state index < -0.39 is 13.9 Å². The number of ether oxygens (including phenoxy) is 1. The molecule has 0 fully saturated rings. The molecule has 0 spiro atoms. The third kappa shape index (κ3) is 6.76. The summed E-state index contributed by atoms with van der Waals surface area (Å²) in [5.41, 5.74) is 0. The molecule has 0 saturated carbocycles. The molecule has 0 radical (unpaired) electrons. The van der Waals surface area contributed by atoms with E-state index in [2.05, 4.69) is 4.52 Å². The molecule has 6 heteroatoms. The van der Waals surface area contributed by atoms with E-state index in [1.807, 2.05) is 6.92 Å². The van der Waals surface area contributed by atoms with Crippen LogP contribution in [0.1, 0.15) is 19.8 Å². The highest BCUT2D eigenvalue weighted by molar-refractivity contribution is 7.46. The topological polar surface area (TPSA) is 76.0 Å². The van der Waals surface area contributed by atoms with Gasteiger partial charge in [0, 0.05) is 7.11 Å². The second kappa shape index (κ2) is 5.67. The van der Waals surface area contributed by atoms with Crippen molar-refractivity contribution in [3.05, 3.63) is 0 Å². The summed E-state index contributed by atoms with van der Waals surface area (Å²) in [6, 6.07) is 0. The monoisotopic (exact) mass is 198 g/mol. The van der Waals surface area contributed by atoms with E-state index in [0.717, 1.165) is 6.42 Å². The minimum absolute atomic E-state index is 0.207. The standard InChI is InChI=1S/C6H15O5P/c1-3-4-6(5-10-2)11-12(7,8)9/h6H,3-5H2,1-2H3,(H2,7,8,9). The Balaban J connectivity index is 3.86. The van der Waals surface area contributed by atoms with Gasteiger partial charge in [-0.3, -0.25) is 4.52 Å². The summed E-state index contributed by atoms with van der Waals surface area (Å²) in [5.74, 6) is 0. The first-order valence-corrected chi connectivity index (χ1v) is 5.25. The maximum absolute atomic E-state index is 10.4. The van der Waals surface area contributed by atoms with Crippen LogP contribution in [0.5, 0.6) is 0 Å². The predicted octanol–water partition coefficient (Wildman–Crippen LogP) is 0.911. The first-order valence-electron chi connectivity index (χ1n) is 3.72. The number of hydrogen-bond acceptors (Lipinski definition) is 3. The molecule has 0 bridgehead atoms. The summed E-state index contributed by atoms with van der Waals surface area (Å²) in [6.07, 6.45) is 0.869. The lowest BCUT2D eigenvalue weighted by Gasteiger charge is -2.16. The Hall–Kier alpha value is 0.0700. The molecule has 0 aliphatic heterocycles. The number of methoxy groups -OCH3 is 1. The Bertz CT molecular complexity index is 148. The Labute approximate surface area is 71.9 Å². The SMILES string of the molecule is CCCC(COC)OP(=O)(O)O. The zero-order valence-electron chi connectivity index (χ0n) is 7.27. The maximum atomic E-state index is 10.4. The second-order valence-electron chi connectivity index (χ2n) is 2.46. The molecular weight excluding hydrogens is 183 g/mol. The lowest BCUT2D eigenvalue weighted by molar-refractivity contribution is 0.0517. The second-order valence-corrected chi connectivity index (χ2v) is 3.65. The van der Waals surface area contributed by atoms with Crippen molar-refractivity contribution in [2.45, 2.75) is 25.9 Å². The van der Waals surface area contributed by atoms with Crippen molar-refractivity contribution >= 4 is 7.82 Å². The molecule has 2 N–H and O–H groups in total. The third-order valence-electron chi connectivity index (χ3n) is 1.25. The summed E-state index contributed by atoms with van der Waals surface area (Å²) >= 11 is 0. The molecule has 0 aromatic carbocycles. The predicted molar refractivity (Wildman–Crippen MR) is 43.7 cm³/mol. The molecule has 0 aromatic rings. The van der Waals surface area contributed by atoms with Crippen LogP contribution in [0, 0.1) is 0 Å². The fourth-order valence-electron chi connectivity index (χ4n) is 0.869. The highest BCUT2D eigenvalue weighted by atomic mass is 31.2. The molecule has 0 aliphatic rings.